The number of hydrogen-bond acceptors (Lipinski definition) is 2. The van der Waals surface area contributed by atoms with Crippen LogP contribution in [0.15, 0.2) is 18.2 Å². The summed E-state index contributed by atoms with van der Waals surface area (Å²) in [7, 11) is 0. The molecule has 4 heteroatoms. The van der Waals surface area contributed by atoms with Crippen LogP contribution in [0.4, 0.5) is 0 Å². The summed E-state index contributed by atoms with van der Waals surface area (Å²) < 4.78 is 5.40. The first-order valence-electron chi connectivity index (χ1n) is 5.83. The van der Waals surface area contributed by atoms with Gasteiger partial charge in [0.2, 0.25) is 0 Å². The SMILES string of the molecule is CC(CCCl)NC(=O)c1ccc2c(c1)CCO2. The zero-order chi connectivity index (χ0) is 12.3. The Bertz CT molecular complexity index is 420. The minimum atomic E-state index is -0.0442. The minimum absolute atomic E-state index is 0.0442. The topological polar surface area (TPSA) is 38.3 Å². The molecule has 3 nitrogen and oxygen atoms in total. The van der Waals surface area contributed by atoms with Crippen LogP contribution in [0.3, 0.4) is 0 Å². The van der Waals surface area contributed by atoms with Crippen molar-refractivity contribution in [1.29, 1.82) is 0 Å². The lowest BCUT2D eigenvalue weighted by molar-refractivity contribution is 0.0939. The van der Waals surface area contributed by atoms with Crippen LogP contribution in [0, 0.1) is 0 Å². The van der Waals surface area contributed by atoms with Crippen molar-refractivity contribution in [3.05, 3.63) is 29.3 Å². The summed E-state index contributed by atoms with van der Waals surface area (Å²) in [6.45, 7) is 2.67. The maximum Gasteiger partial charge on any atom is 0.251 e. The molecule has 0 bridgehead atoms. The molecule has 1 aliphatic rings. The number of halogens is 1. The highest BCUT2D eigenvalue weighted by Gasteiger charge is 2.15. The van der Waals surface area contributed by atoms with Crippen molar-refractivity contribution in [3.8, 4) is 5.75 Å². The van der Waals surface area contributed by atoms with Crippen molar-refractivity contribution in [1.82, 2.24) is 5.32 Å². The summed E-state index contributed by atoms with van der Waals surface area (Å²) >= 11 is 5.63. The summed E-state index contributed by atoms with van der Waals surface area (Å²) in [6, 6.07) is 5.67. The Morgan fingerprint density at radius 3 is 3.18 bits per heavy atom. The Balaban J connectivity index is 2.04. The fourth-order valence-electron chi connectivity index (χ4n) is 1.87. The third-order valence-corrected chi connectivity index (χ3v) is 3.09. The molecule has 0 spiro atoms. The van der Waals surface area contributed by atoms with Crippen molar-refractivity contribution in [2.45, 2.75) is 25.8 Å². The molecule has 1 aliphatic heterocycles. The number of alkyl halides is 1. The van der Waals surface area contributed by atoms with Gasteiger partial charge in [0.05, 0.1) is 6.61 Å². The molecule has 1 N–H and O–H groups in total. The van der Waals surface area contributed by atoms with E-state index in [2.05, 4.69) is 5.32 Å². The van der Waals surface area contributed by atoms with Gasteiger partial charge in [0.15, 0.2) is 0 Å². The third kappa shape index (κ3) is 2.91. The van der Waals surface area contributed by atoms with Crippen molar-refractivity contribution >= 4 is 17.5 Å². The van der Waals surface area contributed by atoms with Crippen LogP contribution in [-0.4, -0.2) is 24.4 Å². The zero-order valence-electron chi connectivity index (χ0n) is 9.83. The maximum atomic E-state index is 11.9. The molecule has 2 rings (SSSR count). The largest absolute Gasteiger partial charge is 0.493 e. The summed E-state index contributed by atoms with van der Waals surface area (Å²) in [4.78, 5) is 11.9. The fraction of sp³-hybridized carbons (Fsp3) is 0.462. The van der Waals surface area contributed by atoms with E-state index in [1.807, 2.05) is 19.1 Å². The van der Waals surface area contributed by atoms with Crippen LogP contribution in [0.25, 0.3) is 0 Å². The smallest absolute Gasteiger partial charge is 0.251 e. The van der Waals surface area contributed by atoms with Gasteiger partial charge >= 0.3 is 0 Å². The first-order chi connectivity index (χ1) is 8.20. The summed E-state index contributed by atoms with van der Waals surface area (Å²) in [5, 5.41) is 2.92. The zero-order valence-corrected chi connectivity index (χ0v) is 10.6. The van der Waals surface area contributed by atoms with Gasteiger partial charge in [-0.1, -0.05) is 0 Å². The van der Waals surface area contributed by atoms with E-state index >= 15 is 0 Å². The van der Waals surface area contributed by atoms with Gasteiger partial charge < -0.3 is 10.1 Å². The average molecular weight is 254 g/mol. The fourth-order valence-corrected chi connectivity index (χ4v) is 2.20. The third-order valence-electron chi connectivity index (χ3n) is 2.87. The maximum absolute atomic E-state index is 11.9. The van der Waals surface area contributed by atoms with Crippen molar-refractivity contribution in [2.75, 3.05) is 12.5 Å². The quantitative estimate of drug-likeness (QED) is 0.837. The second-order valence-electron chi connectivity index (χ2n) is 4.27. The van der Waals surface area contributed by atoms with Crippen LogP contribution in [0.1, 0.15) is 29.3 Å². The molecule has 0 saturated carbocycles. The van der Waals surface area contributed by atoms with E-state index in [1.165, 1.54) is 0 Å². The first kappa shape index (κ1) is 12.2. The van der Waals surface area contributed by atoms with Gasteiger partial charge in [0.1, 0.15) is 5.75 Å². The van der Waals surface area contributed by atoms with Crippen LogP contribution >= 0.6 is 11.6 Å². The molecule has 0 aromatic heterocycles. The van der Waals surface area contributed by atoms with Gasteiger partial charge in [0.25, 0.3) is 5.91 Å². The van der Waals surface area contributed by atoms with Gasteiger partial charge in [-0.25, -0.2) is 0 Å². The molecule has 1 aromatic carbocycles. The monoisotopic (exact) mass is 253 g/mol. The number of fused-ring (bicyclic) bond motifs is 1. The van der Waals surface area contributed by atoms with Crippen LogP contribution in [-0.2, 0) is 6.42 Å². The lowest BCUT2D eigenvalue weighted by Crippen LogP contribution is -2.32. The summed E-state index contributed by atoms with van der Waals surface area (Å²) in [5.41, 5.74) is 1.80. The van der Waals surface area contributed by atoms with Crippen LogP contribution in [0.2, 0.25) is 0 Å². The molecule has 1 amide bonds. The van der Waals surface area contributed by atoms with E-state index in [-0.39, 0.29) is 11.9 Å². The summed E-state index contributed by atoms with van der Waals surface area (Å²) in [5.74, 6) is 1.41. The van der Waals surface area contributed by atoms with Gasteiger partial charge in [-0.2, -0.15) is 0 Å². The molecular formula is C13H16ClNO2. The van der Waals surface area contributed by atoms with E-state index in [4.69, 9.17) is 16.3 Å². The number of rotatable bonds is 4. The second-order valence-corrected chi connectivity index (χ2v) is 4.65. The van der Waals surface area contributed by atoms with E-state index in [1.54, 1.807) is 6.07 Å². The normalized spacial score (nSPS) is 14.9. The molecule has 92 valence electrons. The Kier molecular flexibility index (Phi) is 3.89. The predicted molar refractivity (Wildman–Crippen MR) is 67.9 cm³/mol. The molecule has 1 atom stereocenters. The molecular weight excluding hydrogens is 238 g/mol. The second kappa shape index (κ2) is 5.41. The predicted octanol–water partition coefficient (Wildman–Crippen LogP) is 2.37. The summed E-state index contributed by atoms with van der Waals surface area (Å²) in [6.07, 6.45) is 1.66. The molecule has 1 unspecified atom stereocenters. The Labute approximate surface area is 106 Å². The number of ether oxygens (including phenoxy) is 1. The highest BCUT2D eigenvalue weighted by atomic mass is 35.5. The first-order valence-corrected chi connectivity index (χ1v) is 6.36. The van der Waals surface area contributed by atoms with Gasteiger partial charge in [0, 0.05) is 23.9 Å². The lowest BCUT2D eigenvalue weighted by atomic mass is 10.1. The molecule has 0 aliphatic carbocycles. The average Bonchev–Trinajstić information content (AvgIpc) is 2.75. The molecule has 0 saturated heterocycles. The molecule has 0 radical (unpaired) electrons. The molecule has 17 heavy (non-hydrogen) atoms. The number of carbonyl (C=O) groups excluding carboxylic acids is 1. The van der Waals surface area contributed by atoms with Crippen molar-refractivity contribution in [2.24, 2.45) is 0 Å². The van der Waals surface area contributed by atoms with E-state index < -0.39 is 0 Å². The van der Waals surface area contributed by atoms with Crippen molar-refractivity contribution in [3.63, 3.8) is 0 Å². The highest BCUT2D eigenvalue weighted by Crippen LogP contribution is 2.25. The Hall–Kier alpha value is -1.22. The number of carbonyl (C=O) groups is 1. The van der Waals surface area contributed by atoms with Gasteiger partial charge in [-0.3, -0.25) is 4.79 Å². The van der Waals surface area contributed by atoms with E-state index in [0.717, 1.165) is 24.2 Å². The standard InChI is InChI=1S/C13H16ClNO2/c1-9(4-6-14)15-13(16)11-2-3-12-10(8-11)5-7-17-12/h2-3,8-9H,4-7H2,1H3,(H,15,16). The molecule has 0 fully saturated rings. The van der Waals surface area contributed by atoms with Crippen LogP contribution in [0.5, 0.6) is 5.75 Å². The van der Waals surface area contributed by atoms with Gasteiger partial charge in [-0.15, -0.1) is 11.6 Å². The number of hydrogen-bond donors (Lipinski definition) is 1. The number of nitrogens with one attached hydrogen (secondary N) is 1. The lowest BCUT2D eigenvalue weighted by Gasteiger charge is -2.12. The number of benzene rings is 1. The van der Waals surface area contributed by atoms with E-state index in [9.17, 15) is 4.79 Å². The molecule has 1 heterocycles. The highest BCUT2D eigenvalue weighted by molar-refractivity contribution is 6.17. The Morgan fingerprint density at radius 1 is 1.59 bits per heavy atom. The Morgan fingerprint density at radius 2 is 2.41 bits per heavy atom. The minimum Gasteiger partial charge on any atom is -0.493 e. The van der Waals surface area contributed by atoms with Gasteiger partial charge in [-0.05, 0) is 37.1 Å². The van der Waals surface area contributed by atoms with Crippen molar-refractivity contribution < 1.29 is 9.53 Å². The molecule has 1 aromatic rings. The number of amides is 1. The van der Waals surface area contributed by atoms with E-state index in [0.29, 0.717) is 18.1 Å². The van der Waals surface area contributed by atoms with Crippen LogP contribution < -0.4 is 10.1 Å².